The van der Waals surface area contributed by atoms with Crippen molar-refractivity contribution >= 4 is 10.9 Å². The van der Waals surface area contributed by atoms with Crippen LogP contribution in [-0.2, 0) is 6.54 Å². The summed E-state index contributed by atoms with van der Waals surface area (Å²) in [5.41, 5.74) is 8.73. The van der Waals surface area contributed by atoms with Crippen LogP contribution < -0.4 is 11.1 Å². The summed E-state index contributed by atoms with van der Waals surface area (Å²) >= 11 is 0. The van der Waals surface area contributed by atoms with E-state index in [4.69, 9.17) is 5.73 Å². The summed E-state index contributed by atoms with van der Waals surface area (Å²) in [6.07, 6.45) is 4.66. The molecule has 1 aliphatic rings. The number of para-hydroxylation sites is 1. The molecule has 0 aliphatic heterocycles. The summed E-state index contributed by atoms with van der Waals surface area (Å²) in [6.45, 7) is 2.78. The van der Waals surface area contributed by atoms with Crippen molar-refractivity contribution < 1.29 is 0 Å². The minimum atomic E-state index is 0.409. The van der Waals surface area contributed by atoms with E-state index in [1.165, 1.54) is 29.3 Å². The lowest BCUT2D eigenvalue weighted by Crippen LogP contribution is -2.29. The van der Waals surface area contributed by atoms with Crippen molar-refractivity contribution in [1.82, 2.24) is 10.3 Å². The van der Waals surface area contributed by atoms with Gasteiger partial charge in [-0.2, -0.15) is 0 Å². The molecule has 0 amide bonds. The first-order valence-corrected chi connectivity index (χ1v) is 6.29. The van der Waals surface area contributed by atoms with Gasteiger partial charge in [-0.15, -0.1) is 0 Å². The number of hydrogen-bond acceptors (Lipinski definition) is 2. The molecule has 1 heterocycles. The van der Waals surface area contributed by atoms with Crippen LogP contribution in [0, 0.1) is 5.41 Å². The molecule has 0 atom stereocenters. The van der Waals surface area contributed by atoms with Gasteiger partial charge in [0.2, 0.25) is 0 Å². The number of H-pyrrole nitrogens is 1. The molecule has 2 aromatic rings. The Bertz CT molecular complexity index is 511. The first-order chi connectivity index (χ1) is 8.33. The zero-order valence-electron chi connectivity index (χ0n) is 10.00. The second-order valence-corrected chi connectivity index (χ2v) is 5.17. The normalized spacial score (nSPS) is 17.5. The zero-order chi connectivity index (χ0) is 11.7. The van der Waals surface area contributed by atoms with E-state index in [0.29, 0.717) is 5.41 Å². The summed E-state index contributed by atoms with van der Waals surface area (Å²) in [4.78, 5) is 3.30. The van der Waals surface area contributed by atoms with Crippen molar-refractivity contribution in [1.29, 1.82) is 0 Å². The third-order valence-electron chi connectivity index (χ3n) is 3.88. The van der Waals surface area contributed by atoms with Crippen molar-refractivity contribution in [3.8, 4) is 0 Å². The molecule has 3 nitrogen and oxygen atoms in total. The van der Waals surface area contributed by atoms with Crippen LogP contribution in [0.3, 0.4) is 0 Å². The minimum Gasteiger partial charge on any atom is -0.361 e. The number of hydrogen-bond donors (Lipinski definition) is 3. The molecule has 1 saturated carbocycles. The predicted molar refractivity (Wildman–Crippen MR) is 70.7 cm³/mol. The average Bonchev–Trinajstić information content (AvgIpc) is 3.04. The first-order valence-electron chi connectivity index (χ1n) is 6.29. The van der Waals surface area contributed by atoms with Gasteiger partial charge in [0.05, 0.1) is 0 Å². The molecule has 4 N–H and O–H groups in total. The van der Waals surface area contributed by atoms with E-state index < -0.39 is 0 Å². The molecule has 0 spiro atoms. The summed E-state index contributed by atoms with van der Waals surface area (Å²) < 4.78 is 0. The Kier molecular flexibility index (Phi) is 2.65. The largest absolute Gasteiger partial charge is 0.361 e. The van der Waals surface area contributed by atoms with Gasteiger partial charge < -0.3 is 16.0 Å². The van der Waals surface area contributed by atoms with E-state index in [2.05, 4.69) is 40.8 Å². The van der Waals surface area contributed by atoms with Crippen molar-refractivity contribution in [3.05, 3.63) is 36.0 Å². The molecular formula is C14H19N3. The fraction of sp³-hybridized carbons (Fsp3) is 0.429. The molecule has 3 rings (SSSR count). The minimum absolute atomic E-state index is 0.409. The van der Waals surface area contributed by atoms with Crippen molar-refractivity contribution in [2.45, 2.75) is 19.4 Å². The fourth-order valence-corrected chi connectivity index (χ4v) is 2.37. The molecular weight excluding hydrogens is 210 g/mol. The fourth-order valence-electron chi connectivity index (χ4n) is 2.37. The average molecular weight is 229 g/mol. The summed E-state index contributed by atoms with van der Waals surface area (Å²) in [5, 5.41) is 4.85. The second-order valence-electron chi connectivity index (χ2n) is 5.17. The highest BCUT2D eigenvalue weighted by Crippen LogP contribution is 2.43. The molecule has 0 unspecified atom stereocenters. The summed E-state index contributed by atoms with van der Waals surface area (Å²) in [6, 6.07) is 8.42. The smallest absolute Gasteiger partial charge is 0.0457 e. The van der Waals surface area contributed by atoms with Gasteiger partial charge in [0, 0.05) is 30.2 Å². The SMILES string of the molecule is NCC1(CNCc2c[nH]c3ccccc23)CC1. The topological polar surface area (TPSA) is 53.8 Å². The zero-order valence-corrected chi connectivity index (χ0v) is 10.00. The highest BCUT2D eigenvalue weighted by Gasteiger charge is 2.40. The Morgan fingerprint density at radius 3 is 2.88 bits per heavy atom. The maximum atomic E-state index is 5.77. The number of aromatic nitrogens is 1. The third-order valence-corrected chi connectivity index (χ3v) is 3.88. The van der Waals surface area contributed by atoms with Crippen molar-refractivity contribution in [2.24, 2.45) is 11.1 Å². The van der Waals surface area contributed by atoms with Gasteiger partial charge in [-0.1, -0.05) is 18.2 Å². The highest BCUT2D eigenvalue weighted by atomic mass is 14.9. The predicted octanol–water partition coefficient (Wildman–Crippen LogP) is 2.00. The maximum Gasteiger partial charge on any atom is 0.0457 e. The number of nitrogens with two attached hydrogens (primary N) is 1. The summed E-state index contributed by atoms with van der Waals surface area (Å²) in [7, 11) is 0. The molecule has 1 aromatic carbocycles. The molecule has 0 radical (unpaired) electrons. The van der Waals surface area contributed by atoms with Crippen LogP contribution in [0.2, 0.25) is 0 Å². The van der Waals surface area contributed by atoms with Crippen molar-refractivity contribution in [3.63, 3.8) is 0 Å². The molecule has 1 aromatic heterocycles. The maximum absolute atomic E-state index is 5.77. The number of fused-ring (bicyclic) bond motifs is 1. The van der Waals surface area contributed by atoms with Crippen LogP contribution in [0.25, 0.3) is 10.9 Å². The van der Waals surface area contributed by atoms with Gasteiger partial charge in [0.1, 0.15) is 0 Å². The van der Waals surface area contributed by atoms with E-state index in [9.17, 15) is 0 Å². The van der Waals surface area contributed by atoms with Crippen LogP contribution in [0.15, 0.2) is 30.5 Å². The van der Waals surface area contributed by atoms with E-state index in [0.717, 1.165) is 19.6 Å². The molecule has 1 fully saturated rings. The molecule has 3 heteroatoms. The van der Waals surface area contributed by atoms with Crippen LogP contribution >= 0.6 is 0 Å². The van der Waals surface area contributed by atoms with E-state index in [1.54, 1.807) is 0 Å². The Morgan fingerprint density at radius 2 is 2.12 bits per heavy atom. The number of nitrogens with one attached hydrogen (secondary N) is 2. The number of rotatable bonds is 5. The van der Waals surface area contributed by atoms with Crippen LogP contribution in [0.4, 0.5) is 0 Å². The standard InChI is InChI=1S/C14H19N3/c15-9-14(5-6-14)10-16-7-11-8-17-13-4-2-1-3-12(11)13/h1-4,8,16-17H,5-7,9-10,15H2. The van der Waals surface area contributed by atoms with Gasteiger partial charge >= 0.3 is 0 Å². The van der Waals surface area contributed by atoms with Gasteiger partial charge in [-0.05, 0) is 36.4 Å². The van der Waals surface area contributed by atoms with Crippen LogP contribution in [-0.4, -0.2) is 18.1 Å². The molecule has 0 saturated heterocycles. The summed E-state index contributed by atoms with van der Waals surface area (Å²) in [5.74, 6) is 0. The Hall–Kier alpha value is -1.32. The van der Waals surface area contributed by atoms with Gasteiger partial charge in [0.15, 0.2) is 0 Å². The third kappa shape index (κ3) is 2.08. The van der Waals surface area contributed by atoms with E-state index >= 15 is 0 Å². The lowest BCUT2D eigenvalue weighted by Gasteiger charge is -2.12. The van der Waals surface area contributed by atoms with E-state index in [-0.39, 0.29) is 0 Å². The lowest BCUT2D eigenvalue weighted by atomic mass is 10.1. The number of benzene rings is 1. The molecule has 1 aliphatic carbocycles. The molecule has 17 heavy (non-hydrogen) atoms. The second kappa shape index (κ2) is 4.17. The molecule has 0 bridgehead atoms. The quantitative estimate of drug-likeness (QED) is 0.734. The Morgan fingerprint density at radius 1 is 1.29 bits per heavy atom. The highest BCUT2D eigenvalue weighted by molar-refractivity contribution is 5.82. The number of aromatic amines is 1. The van der Waals surface area contributed by atoms with Crippen LogP contribution in [0.1, 0.15) is 18.4 Å². The van der Waals surface area contributed by atoms with E-state index in [1.807, 2.05) is 0 Å². The van der Waals surface area contributed by atoms with Gasteiger partial charge in [-0.3, -0.25) is 0 Å². The van der Waals surface area contributed by atoms with Gasteiger partial charge in [0.25, 0.3) is 0 Å². The Balaban J connectivity index is 1.65. The lowest BCUT2D eigenvalue weighted by molar-refractivity contribution is 0.468. The van der Waals surface area contributed by atoms with Crippen LogP contribution in [0.5, 0.6) is 0 Å². The molecule has 90 valence electrons. The monoisotopic (exact) mass is 229 g/mol. The Labute approximate surface area is 101 Å². The first kappa shape index (κ1) is 10.8. The van der Waals surface area contributed by atoms with Gasteiger partial charge in [-0.25, -0.2) is 0 Å². The van der Waals surface area contributed by atoms with Crippen molar-refractivity contribution in [2.75, 3.05) is 13.1 Å².